The van der Waals surface area contributed by atoms with Crippen molar-refractivity contribution in [2.45, 2.75) is 57.9 Å². The van der Waals surface area contributed by atoms with Crippen LogP contribution >= 0.6 is 0 Å². The van der Waals surface area contributed by atoms with Crippen molar-refractivity contribution in [2.75, 3.05) is 27.9 Å². The number of hydrogen-bond acceptors (Lipinski definition) is 5. The van der Waals surface area contributed by atoms with E-state index in [4.69, 9.17) is 19.2 Å². The molecule has 1 N–H and O–H groups in total. The highest BCUT2D eigenvalue weighted by molar-refractivity contribution is 5.95. The smallest absolute Gasteiger partial charge is 0.251 e. The number of imidazole rings is 1. The Morgan fingerprint density at radius 3 is 2.43 bits per heavy atom. The van der Waals surface area contributed by atoms with Gasteiger partial charge >= 0.3 is 0 Å². The lowest BCUT2D eigenvalue weighted by atomic mass is 9.87. The summed E-state index contributed by atoms with van der Waals surface area (Å²) in [6, 6.07) is 11.7. The predicted molar refractivity (Wildman–Crippen MR) is 138 cm³/mol. The van der Waals surface area contributed by atoms with Gasteiger partial charge in [0.1, 0.15) is 5.82 Å². The van der Waals surface area contributed by atoms with Crippen LogP contribution in [0.1, 0.15) is 61.1 Å². The largest absolute Gasteiger partial charge is 0.493 e. The summed E-state index contributed by atoms with van der Waals surface area (Å²) in [6.45, 7) is 1.57. The van der Waals surface area contributed by atoms with Crippen molar-refractivity contribution in [1.29, 1.82) is 0 Å². The first-order valence-corrected chi connectivity index (χ1v) is 12.7. The minimum atomic E-state index is -0.171. The third kappa shape index (κ3) is 5.89. The topological polar surface area (TPSA) is 74.6 Å². The lowest BCUT2D eigenvalue weighted by Crippen LogP contribution is -2.25. The molecule has 0 spiro atoms. The molecule has 188 valence electrons. The van der Waals surface area contributed by atoms with E-state index in [0.29, 0.717) is 29.4 Å². The molecule has 0 radical (unpaired) electrons. The molecule has 1 fully saturated rings. The Morgan fingerprint density at radius 2 is 1.74 bits per heavy atom. The van der Waals surface area contributed by atoms with Gasteiger partial charge in [-0.05, 0) is 43.0 Å². The summed E-state index contributed by atoms with van der Waals surface area (Å²) in [7, 11) is 4.63. The molecule has 35 heavy (non-hydrogen) atoms. The Morgan fingerprint density at radius 1 is 1.03 bits per heavy atom. The highest BCUT2D eigenvalue weighted by Gasteiger charge is 2.18. The number of rotatable bonds is 11. The van der Waals surface area contributed by atoms with Crippen molar-refractivity contribution in [3.8, 4) is 17.2 Å². The van der Waals surface area contributed by atoms with Gasteiger partial charge in [0.25, 0.3) is 5.91 Å². The number of nitrogens with zero attached hydrogens (tertiary/aromatic N) is 2. The summed E-state index contributed by atoms with van der Waals surface area (Å²) >= 11 is 0. The molecule has 3 aromatic rings. The van der Waals surface area contributed by atoms with Crippen molar-refractivity contribution in [2.24, 2.45) is 5.92 Å². The average molecular weight is 480 g/mol. The van der Waals surface area contributed by atoms with E-state index in [1.54, 1.807) is 33.5 Å². The fourth-order valence-corrected chi connectivity index (χ4v) is 5.12. The molecule has 1 heterocycles. The quantitative estimate of drug-likeness (QED) is 0.373. The summed E-state index contributed by atoms with van der Waals surface area (Å²) in [5.41, 5.74) is 2.73. The molecular weight excluding hydrogens is 442 g/mol. The molecule has 7 heteroatoms. The van der Waals surface area contributed by atoms with Crippen LogP contribution in [-0.2, 0) is 13.0 Å². The molecule has 0 atom stereocenters. The summed E-state index contributed by atoms with van der Waals surface area (Å²) in [4.78, 5) is 17.7. The average Bonchev–Trinajstić information content (AvgIpc) is 3.26. The van der Waals surface area contributed by atoms with Gasteiger partial charge in [0, 0.05) is 25.1 Å². The zero-order valence-electron chi connectivity index (χ0n) is 21.1. The van der Waals surface area contributed by atoms with E-state index < -0.39 is 0 Å². The van der Waals surface area contributed by atoms with Crippen LogP contribution in [0.4, 0.5) is 0 Å². The second-order valence-corrected chi connectivity index (χ2v) is 9.23. The van der Waals surface area contributed by atoms with E-state index in [1.165, 1.54) is 44.0 Å². The third-order valence-corrected chi connectivity index (χ3v) is 7.01. The first-order chi connectivity index (χ1) is 17.1. The van der Waals surface area contributed by atoms with Gasteiger partial charge in [0.15, 0.2) is 11.5 Å². The number of amides is 1. The maximum absolute atomic E-state index is 12.8. The fraction of sp³-hybridized carbons (Fsp3) is 0.500. The van der Waals surface area contributed by atoms with E-state index in [9.17, 15) is 4.79 Å². The molecule has 1 aliphatic carbocycles. The summed E-state index contributed by atoms with van der Waals surface area (Å²) in [5, 5.41) is 3.02. The number of ether oxygens (including phenoxy) is 3. The Labute approximate surface area is 207 Å². The Bertz CT molecular complexity index is 1110. The van der Waals surface area contributed by atoms with Crippen LogP contribution in [0, 0.1) is 5.92 Å². The lowest BCUT2D eigenvalue weighted by molar-refractivity contribution is 0.0952. The van der Waals surface area contributed by atoms with Crippen LogP contribution in [0.25, 0.3) is 11.0 Å². The second kappa shape index (κ2) is 12.0. The number of methoxy groups -OCH3 is 3. The molecule has 2 aromatic carbocycles. The van der Waals surface area contributed by atoms with Crippen LogP contribution in [-0.4, -0.2) is 43.3 Å². The molecule has 1 amide bonds. The highest BCUT2D eigenvalue weighted by Crippen LogP contribution is 2.38. The van der Waals surface area contributed by atoms with Crippen LogP contribution in [0.15, 0.2) is 36.4 Å². The standard InChI is InChI=1S/C28H37N3O4/c1-33-24-18-21(19-25(34-2)27(24)35-3)28(32)29-16-9-14-26-30-22-12-7-8-13-23(22)31(26)17-15-20-10-5-4-6-11-20/h7-8,12-13,18-20H,4-6,9-11,14-17H2,1-3H3,(H,29,32). The number of hydrogen-bond donors (Lipinski definition) is 1. The molecule has 0 saturated heterocycles. The zero-order valence-corrected chi connectivity index (χ0v) is 21.1. The maximum atomic E-state index is 12.8. The van der Waals surface area contributed by atoms with Crippen molar-refractivity contribution in [1.82, 2.24) is 14.9 Å². The van der Waals surface area contributed by atoms with Gasteiger partial charge in [0.05, 0.1) is 32.4 Å². The van der Waals surface area contributed by atoms with E-state index in [2.05, 4.69) is 28.1 Å². The number of nitrogens with one attached hydrogen (secondary N) is 1. The second-order valence-electron chi connectivity index (χ2n) is 9.23. The van der Waals surface area contributed by atoms with E-state index in [-0.39, 0.29) is 5.91 Å². The number of aromatic nitrogens is 2. The molecule has 4 rings (SSSR count). The number of carbonyl (C=O) groups excluding carboxylic acids is 1. The number of aryl methyl sites for hydroxylation is 2. The maximum Gasteiger partial charge on any atom is 0.251 e. The van der Waals surface area contributed by atoms with Gasteiger partial charge in [0.2, 0.25) is 5.75 Å². The van der Waals surface area contributed by atoms with Crippen molar-refractivity contribution in [3.63, 3.8) is 0 Å². The highest BCUT2D eigenvalue weighted by atomic mass is 16.5. The normalized spacial score (nSPS) is 14.1. The summed E-state index contributed by atoms with van der Waals surface area (Å²) in [5.74, 6) is 3.15. The third-order valence-electron chi connectivity index (χ3n) is 7.01. The van der Waals surface area contributed by atoms with Crippen LogP contribution in [0.3, 0.4) is 0 Å². The molecule has 0 aliphatic heterocycles. The van der Waals surface area contributed by atoms with E-state index in [1.807, 2.05) is 6.07 Å². The number of para-hydroxylation sites is 2. The Hall–Kier alpha value is -3.22. The molecular formula is C28H37N3O4. The molecule has 7 nitrogen and oxygen atoms in total. The van der Waals surface area contributed by atoms with E-state index >= 15 is 0 Å². The SMILES string of the molecule is COc1cc(C(=O)NCCCc2nc3ccccc3n2CCC2CCCCC2)cc(OC)c1OC. The van der Waals surface area contributed by atoms with Gasteiger partial charge in [-0.3, -0.25) is 4.79 Å². The van der Waals surface area contributed by atoms with Gasteiger partial charge < -0.3 is 24.1 Å². The monoisotopic (exact) mass is 479 g/mol. The molecule has 1 aliphatic rings. The van der Waals surface area contributed by atoms with Gasteiger partial charge in [-0.25, -0.2) is 4.98 Å². The number of benzene rings is 2. The van der Waals surface area contributed by atoms with Crippen LogP contribution in [0.5, 0.6) is 17.2 Å². The summed E-state index contributed by atoms with van der Waals surface area (Å²) in [6.07, 6.45) is 9.67. The number of carbonyl (C=O) groups is 1. The minimum Gasteiger partial charge on any atom is -0.493 e. The van der Waals surface area contributed by atoms with E-state index in [0.717, 1.165) is 36.6 Å². The summed E-state index contributed by atoms with van der Waals surface area (Å²) < 4.78 is 18.5. The van der Waals surface area contributed by atoms with Gasteiger partial charge in [-0.2, -0.15) is 0 Å². The Kier molecular flexibility index (Phi) is 8.50. The lowest BCUT2D eigenvalue weighted by Gasteiger charge is -2.22. The van der Waals surface area contributed by atoms with Crippen molar-refractivity contribution < 1.29 is 19.0 Å². The Balaban J connectivity index is 1.38. The first-order valence-electron chi connectivity index (χ1n) is 12.7. The number of fused-ring (bicyclic) bond motifs is 1. The molecule has 1 aromatic heterocycles. The zero-order chi connectivity index (χ0) is 24.6. The fourth-order valence-electron chi connectivity index (χ4n) is 5.12. The van der Waals surface area contributed by atoms with Crippen molar-refractivity contribution in [3.05, 3.63) is 47.8 Å². The first kappa shape index (κ1) is 24.9. The molecule has 0 bridgehead atoms. The van der Waals surface area contributed by atoms with Crippen LogP contribution in [0.2, 0.25) is 0 Å². The predicted octanol–water partition coefficient (Wildman–Crippen LogP) is 5.40. The van der Waals surface area contributed by atoms with Crippen molar-refractivity contribution >= 4 is 16.9 Å². The van der Waals surface area contributed by atoms with Crippen LogP contribution < -0.4 is 19.5 Å². The van der Waals surface area contributed by atoms with Gasteiger partial charge in [-0.1, -0.05) is 44.2 Å². The molecule has 0 unspecified atom stereocenters. The molecule has 1 saturated carbocycles. The minimum absolute atomic E-state index is 0.171. The van der Waals surface area contributed by atoms with Gasteiger partial charge in [-0.15, -0.1) is 0 Å².